The Morgan fingerprint density at radius 1 is 1.36 bits per heavy atom. The van der Waals surface area contributed by atoms with Gasteiger partial charge in [-0.05, 0) is 42.5 Å². The lowest BCUT2D eigenvalue weighted by Gasteiger charge is -2.17. The van der Waals surface area contributed by atoms with Crippen molar-refractivity contribution < 1.29 is 9.59 Å². The fraction of sp³-hybridized carbons (Fsp3) is 0.429. The first-order chi connectivity index (χ1) is 10.4. The third kappa shape index (κ3) is 6.77. The van der Waals surface area contributed by atoms with Gasteiger partial charge in [0, 0.05) is 16.6 Å². The molecule has 3 amide bonds. The first-order valence-electron chi connectivity index (χ1n) is 6.70. The number of amides is 3. The monoisotopic (exact) mass is 363 g/mol. The molecule has 8 heteroatoms. The van der Waals surface area contributed by atoms with Crippen LogP contribution < -0.4 is 16.4 Å². The molecule has 1 aromatic rings. The lowest BCUT2D eigenvalue weighted by atomic mass is 10.1. The molecule has 22 heavy (non-hydrogen) atoms. The summed E-state index contributed by atoms with van der Waals surface area (Å²) in [5.74, 6) is 0.499. The second-order valence-electron chi connectivity index (χ2n) is 4.62. The summed E-state index contributed by atoms with van der Waals surface area (Å²) in [6.45, 7) is 0.413. The number of urea groups is 1. The number of carbonyl (C=O) groups is 2. The normalized spacial score (nSPS) is 11.8. The molecular formula is C14H19Cl2N3O2S. The van der Waals surface area contributed by atoms with Gasteiger partial charge in [0.2, 0.25) is 5.91 Å². The molecule has 0 unspecified atom stereocenters. The lowest BCUT2D eigenvalue weighted by Crippen LogP contribution is -2.49. The van der Waals surface area contributed by atoms with E-state index in [1.807, 2.05) is 12.3 Å². The minimum Gasteiger partial charge on any atom is -0.354 e. The van der Waals surface area contributed by atoms with Crippen LogP contribution in [0.4, 0.5) is 4.79 Å². The van der Waals surface area contributed by atoms with Crippen molar-refractivity contribution in [2.75, 3.05) is 18.6 Å². The highest BCUT2D eigenvalue weighted by atomic mass is 35.5. The van der Waals surface area contributed by atoms with E-state index in [0.717, 1.165) is 11.3 Å². The quantitative estimate of drug-likeness (QED) is 0.663. The van der Waals surface area contributed by atoms with Crippen LogP contribution in [0.5, 0.6) is 0 Å². The zero-order valence-electron chi connectivity index (χ0n) is 12.2. The van der Waals surface area contributed by atoms with Crippen LogP contribution in [0.1, 0.15) is 12.0 Å². The van der Waals surface area contributed by atoms with Gasteiger partial charge in [-0.15, -0.1) is 0 Å². The summed E-state index contributed by atoms with van der Waals surface area (Å²) in [6, 6.07) is 3.91. The molecule has 0 radical (unpaired) electrons. The molecule has 1 aromatic carbocycles. The van der Waals surface area contributed by atoms with E-state index in [1.165, 1.54) is 0 Å². The number of hydrogen-bond donors (Lipinski definition) is 3. The van der Waals surface area contributed by atoms with E-state index in [1.54, 1.807) is 23.9 Å². The van der Waals surface area contributed by atoms with Gasteiger partial charge in [-0.25, -0.2) is 4.79 Å². The smallest absolute Gasteiger partial charge is 0.312 e. The number of thioether (sulfide) groups is 1. The highest BCUT2D eigenvalue weighted by molar-refractivity contribution is 7.98. The topological polar surface area (TPSA) is 84.2 Å². The third-order valence-electron chi connectivity index (χ3n) is 2.95. The molecule has 0 heterocycles. The van der Waals surface area contributed by atoms with E-state index in [0.29, 0.717) is 29.4 Å². The zero-order valence-corrected chi connectivity index (χ0v) is 14.5. The van der Waals surface area contributed by atoms with Crippen molar-refractivity contribution in [2.24, 2.45) is 5.73 Å². The number of rotatable bonds is 8. The standard InChI is InChI=1S/C14H19Cl2N3O2S/c1-22-7-5-12(19-14(17)21)13(20)18-6-4-9-2-3-10(15)8-11(9)16/h2-3,8,12H,4-7H2,1H3,(H,18,20)(H3,17,19,21)/t12-/m0/s1. The van der Waals surface area contributed by atoms with Crippen LogP contribution >= 0.6 is 35.0 Å². The average Bonchev–Trinajstić information content (AvgIpc) is 2.45. The molecule has 5 nitrogen and oxygen atoms in total. The predicted molar refractivity (Wildman–Crippen MR) is 92.7 cm³/mol. The fourth-order valence-corrected chi connectivity index (χ4v) is 2.82. The molecule has 0 aliphatic carbocycles. The van der Waals surface area contributed by atoms with E-state index < -0.39 is 12.1 Å². The Kier molecular flexibility index (Phi) is 8.45. The van der Waals surface area contributed by atoms with Crippen molar-refractivity contribution in [3.63, 3.8) is 0 Å². The lowest BCUT2D eigenvalue weighted by molar-refractivity contribution is -0.122. The Hall–Kier alpha value is -1.11. The molecule has 0 aliphatic heterocycles. The molecule has 0 saturated heterocycles. The Bertz CT molecular complexity index is 529. The molecule has 122 valence electrons. The Morgan fingerprint density at radius 2 is 2.09 bits per heavy atom. The summed E-state index contributed by atoms with van der Waals surface area (Å²) in [7, 11) is 0. The van der Waals surface area contributed by atoms with Crippen molar-refractivity contribution in [3.8, 4) is 0 Å². The molecule has 1 rings (SSSR count). The van der Waals surface area contributed by atoms with E-state index in [-0.39, 0.29) is 5.91 Å². The number of nitrogens with one attached hydrogen (secondary N) is 2. The molecule has 4 N–H and O–H groups in total. The average molecular weight is 364 g/mol. The van der Waals surface area contributed by atoms with Gasteiger partial charge in [0.15, 0.2) is 0 Å². The number of nitrogens with two attached hydrogens (primary N) is 1. The minimum atomic E-state index is -0.706. The summed E-state index contributed by atoms with van der Waals surface area (Å²) < 4.78 is 0. The van der Waals surface area contributed by atoms with Gasteiger partial charge in [0.05, 0.1) is 0 Å². The van der Waals surface area contributed by atoms with Crippen molar-refractivity contribution in [2.45, 2.75) is 18.9 Å². The van der Waals surface area contributed by atoms with E-state index in [9.17, 15) is 9.59 Å². The summed E-state index contributed by atoms with van der Waals surface area (Å²) in [5.41, 5.74) is 5.99. The van der Waals surface area contributed by atoms with Crippen LogP contribution in [0, 0.1) is 0 Å². The number of carbonyl (C=O) groups excluding carboxylic acids is 2. The maximum Gasteiger partial charge on any atom is 0.312 e. The van der Waals surface area contributed by atoms with Gasteiger partial charge >= 0.3 is 6.03 Å². The van der Waals surface area contributed by atoms with Crippen LogP contribution in [0.2, 0.25) is 10.0 Å². The molecular weight excluding hydrogens is 345 g/mol. The number of benzene rings is 1. The van der Waals surface area contributed by atoms with Gasteiger partial charge < -0.3 is 16.4 Å². The van der Waals surface area contributed by atoms with Gasteiger partial charge in [-0.3, -0.25) is 4.79 Å². The summed E-state index contributed by atoms with van der Waals surface area (Å²) >= 11 is 13.5. The second-order valence-corrected chi connectivity index (χ2v) is 6.45. The molecule has 1 atom stereocenters. The highest BCUT2D eigenvalue weighted by Crippen LogP contribution is 2.21. The SMILES string of the molecule is CSCC[C@H](NC(N)=O)C(=O)NCCc1ccc(Cl)cc1Cl. The second kappa shape index (κ2) is 9.82. The van der Waals surface area contributed by atoms with E-state index in [2.05, 4.69) is 10.6 Å². The molecule has 0 aromatic heterocycles. The Morgan fingerprint density at radius 3 is 2.68 bits per heavy atom. The first-order valence-corrected chi connectivity index (χ1v) is 8.85. The van der Waals surface area contributed by atoms with Crippen molar-refractivity contribution >= 4 is 46.9 Å². The van der Waals surface area contributed by atoms with Gasteiger partial charge in [0.1, 0.15) is 6.04 Å². The molecule has 0 fully saturated rings. The van der Waals surface area contributed by atoms with Crippen LogP contribution in [0.25, 0.3) is 0 Å². The summed E-state index contributed by atoms with van der Waals surface area (Å²) in [4.78, 5) is 23.0. The van der Waals surface area contributed by atoms with Crippen molar-refractivity contribution in [3.05, 3.63) is 33.8 Å². The number of halogens is 2. The van der Waals surface area contributed by atoms with Gasteiger partial charge in [-0.1, -0.05) is 29.3 Å². The van der Waals surface area contributed by atoms with Crippen LogP contribution in [-0.2, 0) is 11.2 Å². The van der Waals surface area contributed by atoms with Crippen LogP contribution in [0.15, 0.2) is 18.2 Å². The van der Waals surface area contributed by atoms with Crippen molar-refractivity contribution in [1.29, 1.82) is 0 Å². The third-order valence-corrected chi connectivity index (χ3v) is 4.18. The minimum absolute atomic E-state index is 0.252. The summed E-state index contributed by atoms with van der Waals surface area (Å²) in [5, 5.41) is 6.36. The maximum absolute atomic E-state index is 12.1. The van der Waals surface area contributed by atoms with Crippen LogP contribution in [0.3, 0.4) is 0 Å². The fourth-order valence-electron chi connectivity index (χ4n) is 1.84. The number of hydrogen-bond acceptors (Lipinski definition) is 3. The Labute approximate surface area is 144 Å². The van der Waals surface area contributed by atoms with Gasteiger partial charge in [-0.2, -0.15) is 11.8 Å². The summed E-state index contributed by atoms with van der Waals surface area (Å²) in [6.07, 6.45) is 3.03. The molecule has 0 spiro atoms. The Balaban J connectivity index is 2.49. The maximum atomic E-state index is 12.1. The zero-order chi connectivity index (χ0) is 16.5. The number of primary amides is 1. The molecule has 0 saturated carbocycles. The van der Waals surface area contributed by atoms with Crippen LogP contribution in [-0.4, -0.2) is 36.5 Å². The largest absolute Gasteiger partial charge is 0.354 e. The van der Waals surface area contributed by atoms with Gasteiger partial charge in [0.25, 0.3) is 0 Å². The molecule has 0 bridgehead atoms. The predicted octanol–water partition coefficient (Wildman–Crippen LogP) is 2.44. The first kappa shape index (κ1) is 18.9. The van der Waals surface area contributed by atoms with Crippen molar-refractivity contribution in [1.82, 2.24) is 10.6 Å². The molecule has 0 aliphatic rings. The van der Waals surface area contributed by atoms with E-state index in [4.69, 9.17) is 28.9 Å². The van der Waals surface area contributed by atoms with E-state index >= 15 is 0 Å². The highest BCUT2D eigenvalue weighted by Gasteiger charge is 2.18.